The van der Waals surface area contributed by atoms with Gasteiger partial charge < -0.3 is 4.42 Å². The Kier molecular flexibility index (Phi) is 7.07. The highest BCUT2D eigenvalue weighted by atomic mass is 16.4. The summed E-state index contributed by atoms with van der Waals surface area (Å²) >= 11 is 0. The van der Waals surface area contributed by atoms with Crippen molar-refractivity contribution >= 4 is 0 Å². The van der Waals surface area contributed by atoms with Crippen LogP contribution in [0.4, 0.5) is 0 Å². The predicted octanol–water partition coefficient (Wildman–Crippen LogP) is 3.56. The molecule has 1 aliphatic rings. The smallest absolute Gasteiger partial charge is 0.219 e. The molecule has 3 nitrogen and oxygen atoms in total. The van der Waals surface area contributed by atoms with Gasteiger partial charge in [0.25, 0.3) is 0 Å². The molecular weight excluding hydrogens is 176 g/mol. The average Bonchev–Trinajstić information content (AvgIpc) is 3.03. The molecule has 14 heavy (non-hydrogen) atoms. The van der Waals surface area contributed by atoms with E-state index < -0.39 is 0 Å². The van der Waals surface area contributed by atoms with Crippen LogP contribution in [0, 0.1) is 0 Å². The van der Waals surface area contributed by atoms with Crippen molar-refractivity contribution in [2.45, 2.75) is 59.8 Å². The highest BCUT2D eigenvalue weighted by Crippen LogP contribution is 2.38. The van der Waals surface area contributed by atoms with Crippen LogP contribution in [0.2, 0.25) is 0 Å². The Hall–Kier alpha value is -0.860. The molecule has 1 fully saturated rings. The van der Waals surface area contributed by atoms with Crippen LogP contribution >= 0.6 is 0 Å². The molecule has 0 aromatic carbocycles. The van der Waals surface area contributed by atoms with Crippen LogP contribution in [0.15, 0.2) is 4.42 Å². The van der Waals surface area contributed by atoms with Crippen molar-refractivity contribution in [1.82, 2.24) is 10.2 Å². The minimum atomic E-state index is 0.591. The third kappa shape index (κ3) is 3.90. The van der Waals surface area contributed by atoms with E-state index in [-0.39, 0.29) is 0 Å². The molecule has 0 saturated heterocycles. The SMILES string of the molecule is CC.CC.CCc1nnc(C2CC2)o1. The Morgan fingerprint density at radius 1 is 1.14 bits per heavy atom. The number of hydrogen-bond donors (Lipinski definition) is 0. The lowest BCUT2D eigenvalue weighted by atomic mass is 10.4. The molecule has 0 N–H and O–H groups in total. The Morgan fingerprint density at radius 3 is 2.07 bits per heavy atom. The van der Waals surface area contributed by atoms with Gasteiger partial charge >= 0.3 is 0 Å². The van der Waals surface area contributed by atoms with Crippen molar-refractivity contribution in [2.75, 3.05) is 0 Å². The van der Waals surface area contributed by atoms with Gasteiger partial charge in [-0.25, -0.2) is 0 Å². The summed E-state index contributed by atoms with van der Waals surface area (Å²) in [5, 5.41) is 7.81. The normalized spacial score (nSPS) is 13.5. The molecule has 1 heterocycles. The fourth-order valence-corrected chi connectivity index (χ4v) is 0.905. The summed E-state index contributed by atoms with van der Waals surface area (Å²) in [6, 6.07) is 0. The highest BCUT2D eigenvalue weighted by Gasteiger charge is 2.28. The average molecular weight is 198 g/mol. The van der Waals surface area contributed by atoms with Gasteiger partial charge in [0, 0.05) is 12.3 Å². The summed E-state index contributed by atoms with van der Waals surface area (Å²) in [5.41, 5.74) is 0. The second-order valence-corrected chi connectivity index (χ2v) is 2.66. The molecule has 0 amide bonds. The number of aryl methyl sites for hydroxylation is 1. The van der Waals surface area contributed by atoms with Crippen LogP contribution in [0.25, 0.3) is 0 Å². The van der Waals surface area contributed by atoms with E-state index in [0.717, 1.165) is 18.2 Å². The van der Waals surface area contributed by atoms with E-state index in [4.69, 9.17) is 4.42 Å². The number of hydrogen-bond acceptors (Lipinski definition) is 3. The van der Waals surface area contributed by atoms with Gasteiger partial charge in [0.15, 0.2) is 0 Å². The molecule has 2 rings (SSSR count). The maximum Gasteiger partial charge on any atom is 0.219 e. The van der Waals surface area contributed by atoms with E-state index >= 15 is 0 Å². The molecular formula is C11H22N2O. The number of aromatic nitrogens is 2. The van der Waals surface area contributed by atoms with Gasteiger partial charge in [-0.05, 0) is 12.8 Å². The number of nitrogens with zero attached hydrogens (tertiary/aromatic N) is 2. The Balaban J connectivity index is 0.000000379. The third-order valence-electron chi connectivity index (χ3n) is 1.71. The van der Waals surface area contributed by atoms with Crippen LogP contribution in [0.5, 0.6) is 0 Å². The molecule has 1 aromatic heterocycles. The molecule has 1 aromatic rings. The van der Waals surface area contributed by atoms with E-state index in [1.165, 1.54) is 12.8 Å². The quantitative estimate of drug-likeness (QED) is 0.729. The second kappa shape index (κ2) is 7.54. The molecule has 0 bridgehead atoms. The van der Waals surface area contributed by atoms with Gasteiger partial charge in [-0.1, -0.05) is 34.6 Å². The van der Waals surface area contributed by atoms with E-state index in [1.807, 2.05) is 34.6 Å². The largest absolute Gasteiger partial charge is 0.425 e. The molecule has 1 saturated carbocycles. The first-order valence-corrected chi connectivity index (χ1v) is 5.72. The molecule has 82 valence electrons. The minimum absolute atomic E-state index is 0.591. The summed E-state index contributed by atoms with van der Waals surface area (Å²) < 4.78 is 5.33. The zero-order valence-electron chi connectivity index (χ0n) is 10.0. The van der Waals surface area contributed by atoms with Crippen molar-refractivity contribution < 1.29 is 4.42 Å². The van der Waals surface area contributed by atoms with Crippen molar-refractivity contribution in [2.24, 2.45) is 0 Å². The first-order valence-electron chi connectivity index (χ1n) is 5.72. The van der Waals surface area contributed by atoms with E-state index in [2.05, 4.69) is 10.2 Å². The monoisotopic (exact) mass is 198 g/mol. The van der Waals surface area contributed by atoms with Crippen LogP contribution in [-0.2, 0) is 6.42 Å². The van der Waals surface area contributed by atoms with Gasteiger partial charge in [0.05, 0.1) is 0 Å². The van der Waals surface area contributed by atoms with Crippen LogP contribution < -0.4 is 0 Å². The number of rotatable bonds is 2. The molecule has 0 radical (unpaired) electrons. The topological polar surface area (TPSA) is 38.9 Å². The lowest BCUT2D eigenvalue weighted by Crippen LogP contribution is -1.77. The first-order chi connectivity index (χ1) is 6.90. The summed E-state index contributed by atoms with van der Waals surface area (Å²) in [6.07, 6.45) is 3.30. The summed E-state index contributed by atoms with van der Waals surface area (Å²) in [5.74, 6) is 2.20. The lowest BCUT2D eigenvalue weighted by Gasteiger charge is -1.83. The minimum Gasteiger partial charge on any atom is -0.425 e. The van der Waals surface area contributed by atoms with Crippen LogP contribution in [0.1, 0.15) is 65.2 Å². The van der Waals surface area contributed by atoms with Crippen molar-refractivity contribution in [1.29, 1.82) is 0 Å². The van der Waals surface area contributed by atoms with Gasteiger partial charge in [0.1, 0.15) is 0 Å². The fraction of sp³-hybridized carbons (Fsp3) is 0.818. The van der Waals surface area contributed by atoms with E-state index in [0.29, 0.717) is 5.92 Å². The summed E-state index contributed by atoms with van der Waals surface area (Å²) in [7, 11) is 0. The maximum atomic E-state index is 5.33. The lowest BCUT2D eigenvalue weighted by molar-refractivity contribution is 0.455. The predicted molar refractivity (Wildman–Crippen MR) is 58.3 cm³/mol. The fourth-order valence-electron chi connectivity index (χ4n) is 0.905. The third-order valence-corrected chi connectivity index (χ3v) is 1.71. The Morgan fingerprint density at radius 2 is 1.71 bits per heavy atom. The molecule has 1 aliphatic carbocycles. The van der Waals surface area contributed by atoms with Crippen LogP contribution in [-0.4, -0.2) is 10.2 Å². The molecule has 0 spiro atoms. The standard InChI is InChI=1S/C7H10N2O.2C2H6/c1-2-6-8-9-7(10-6)5-3-4-5;2*1-2/h5H,2-4H2,1H3;2*1-2H3. The van der Waals surface area contributed by atoms with Gasteiger partial charge in [-0.15, -0.1) is 10.2 Å². The zero-order chi connectivity index (χ0) is 11.0. The van der Waals surface area contributed by atoms with Crippen LogP contribution in [0.3, 0.4) is 0 Å². The zero-order valence-corrected chi connectivity index (χ0v) is 10.0. The maximum absolute atomic E-state index is 5.33. The summed E-state index contributed by atoms with van der Waals surface area (Å²) in [6.45, 7) is 10.0. The highest BCUT2D eigenvalue weighted by molar-refractivity contribution is 4.99. The van der Waals surface area contributed by atoms with Gasteiger partial charge in [-0.3, -0.25) is 0 Å². The second-order valence-electron chi connectivity index (χ2n) is 2.66. The van der Waals surface area contributed by atoms with Gasteiger partial charge in [0.2, 0.25) is 11.8 Å². The van der Waals surface area contributed by atoms with E-state index in [9.17, 15) is 0 Å². The molecule has 0 aliphatic heterocycles. The van der Waals surface area contributed by atoms with Crippen molar-refractivity contribution in [3.8, 4) is 0 Å². The molecule has 0 atom stereocenters. The van der Waals surface area contributed by atoms with E-state index in [1.54, 1.807) is 0 Å². The molecule has 3 heteroatoms. The first kappa shape index (κ1) is 13.1. The Bertz CT molecular complexity index is 229. The Labute approximate surface area is 86.9 Å². The molecule has 0 unspecified atom stereocenters. The van der Waals surface area contributed by atoms with Crippen molar-refractivity contribution in [3.05, 3.63) is 11.8 Å². The summed E-state index contributed by atoms with van der Waals surface area (Å²) in [4.78, 5) is 0. The van der Waals surface area contributed by atoms with Crippen molar-refractivity contribution in [3.63, 3.8) is 0 Å². The van der Waals surface area contributed by atoms with Gasteiger partial charge in [-0.2, -0.15) is 0 Å².